The van der Waals surface area contributed by atoms with Gasteiger partial charge in [0.15, 0.2) is 0 Å². The highest BCUT2D eigenvalue weighted by Crippen LogP contribution is 2.11. The maximum atomic E-state index is 11.8. The number of halogens is 1. The molecule has 2 aromatic carbocycles. The van der Waals surface area contributed by atoms with Crippen molar-refractivity contribution in [1.82, 2.24) is 10.9 Å². The van der Waals surface area contributed by atoms with E-state index in [-0.39, 0.29) is 23.6 Å². The molecule has 108 valence electrons. The Labute approximate surface area is 130 Å². The van der Waals surface area contributed by atoms with Gasteiger partial charge in [-0.2, -0.15) is 0 Å². The minimum absolute atomic E-state index is 0.0103. The van der Waals surface area contributed by atoms with Gasteiger partial charge in [-0.05, 0) is 35.9 Å². The molecule has 6 heteroatoms. The number of hydrogen-bond acceptors (Lipinski definition) is 3. The molecule has 0 unspecified atom stereocenters. The van der Waals surface area contributed by atoms with Crippen LogP contribution in [0.25, 0.3) is 0 Å². The van der Waals surface area contributed by atoms with Gasteiger partial charge in [-0.3, -0.25) is 20.4 Å². The highest BCUT2D eigenvalue weighted by molar-refractivity contribution is 9.10. The number of hydrazine groups is 1. The van der Waals surface area contributed by atoms with Crippen molar-refractivity contribution in [3.05, 3.63) is 64.1 Å². The van der Waals surface area contributed by atoms with E-state index in [0.29, 0.717) is 0 Å². The smallest absolute Gasteiger partial charge is 0.269 e. The number of phenols is 1. The zero-order valence-electron chi connectivity index (χ0n) is 11.0. The maximum Gasteiger partial charge on any atom is 0.269 e. The van der Waals surface area contributed by atoms with Crippen LogP contribution in [0.4, 0.5) is 0 Å². The van der Waals surface area contributed by atoms with E-state index >= 15 is 0 Å². The van der Waals surface area contributed by atoms with Gasteiger partial charge in [0.2, 0.25) is 5.91 Å². The van der Waals surface area contributed by atoms with E-state index in [1.54, 1.807) is 6.07 Å². The van der Waals surface area contributed by atoms with Crippen molar-refractivity contribution >= 4 is 27.7 Å². The van der Waals surface area contributed by atoms with Crippen molar-refractivity contribution in [2.45, 2.75) is 6.42 Å². The summed E-state index contributed by atoms with van der Waals surface area (Å²) in [7, 11) is 0. The van der Waals surface area contributed by atoms with Gasteiger partial charge in [0, 0.05) is 10.0 Å². The molecule has 0 heterocycles. The molecule has 0 spiro atoms. The second kappa shape index (κ2) is 6.90. The molecule has 0 atom stereocenters. The van der Waals surface area contributed by atoms with E-state index in [4.69, 9.17) is 0 Å². The summed E-state index contributed by atoms with van der Waals surface area (Å²) < 4.78 is 0.934. The molecule has 0 saturated heterocycles. The van der Waals surface area contributed by atoms with Gasteiger partial charge in [0.05, 0.1) is 6.42 Å². The zero-order chi connectivity index (χ0) is 15.2. The van der Waals surface area contributed by atoms with Gasteiger partial charge in [0.25, 0.3) is 5.91 Å². The average Bonchev–Trinajstić information content (AvgIpc) is 2.47. The van der Waals surface area contributed by atoms with Gasteiger partial charge in [-0.25, -0.2) is 0 Å². The first-order valence-corrected chi connectivity index (χ1v) is 6.96. The van der Waals surface area contributed by atoms with Crippen LogP contribution in [0.3, 0.4) is 0 Å². The van der Waals surface area contributed by atoms with Crippen LogP contribution >= 0.6 is 15.9 Å². The summed E-state index contributed by atoms with van der Waals surface area (Å²) in [5.41, 5.74) is 5.73. The summed E-state index contributed by atoms with van der Waals surface area (Å²) in [5, 5.41) is 9.29. The van der Waals surface area contributed by atoms with E-state index in [0.717, 1.165) is 10.0 Å². The Morgan fingerprint density at radius 2 is 1.76 bits per heavy atom. The van der Waals surface area contributed by atoms with Gasteiger partial charge in [-0.15, -0.1) is 0 Å². The van der Waals surface area contributed by atoms with Gasteiger partial charge in [0.1, 0.15) is 5.75 Å². The molecule has 2 aromatic rings. The Morgan fingerprint density at radius 3 is 2.43 bits per heavy atom. The van der Waals surface area contributed by atoms with Crippen LogP contribution < -0.4 is 10.9 Å². The lowest BCUT2D eigenvalue weighted by Crippen LogP contribution is -2.42. The van der Waals surface area contributed by atoms with Crippen molar-refractivity contribution in [1.29, 1.82) is 0 Å². The number of amides is 2. The van der Waals surface area contributed by atoms with E-state index in [1.165, 1.54) is 18.2 Å². The summed E-state index contributed by atoms with van der Waals surface area (Å²) in [6, 6.07) is 13.2. The molecule has 0 aliphatic rings. The number of phenolic OH excluding ortho intramolecular Hbond substituents is 1. The van der Waals surface area contributed by atoms with Crippen LogP contribution in [0.1, 0.15) is 15.9 Å². The third kappa shape index (κ3) is 4.61. The van der Waals surface area contributed by atoms with E-state index < -0.39 is 5.91 Å². The first-order chi connectivity index (χ1) is 10.0. The Balaban J connectivity index is 1.86. The fraction of sp³-hybridized carbons (Fsp3) is 0.0667. The molecule has 21 heavy (non-hydrogen) atoms. The molecule has 0 fully saturated rings. The van der Waals surface area contributed by atoms with E-state index in [9.17, 15) is 14.7 Å². The Hall–Kier alpha value is -2.34. The quantitative estimate of drug-likeness (QED) is 0.743. The summed E-state index contributed by atoms with van der Waals surface area (Å²) in [6.07, 6.45) is 0.160. The third-order valence-corrected chi connectivity index (χ3v) is 3.23. The molecule has 2 rings (SSSR count). The second-order valence-electron chi connectivity index (χ2n) is 4.36. The number of hydrogen-bond donors (Lipinski definition) is 3. The van der Waals surface area contributed by atoms with Crippen LogP contribution in [0.5, 0.6) is 5.75 Å². The van der Waals surface area contributed by atoms with Gasteiger partial charge < -0.3 is 5.11 Å². The summed E-state index contributed by atoms with van der Waals surface area (Å²) in [5.74, 6) is -0.829. The lowest BCUT2D eigenvalue weighted by Gasteiger charge is -2.07. The molecule has 0 aromatic heterocycles. The summed E-state index contributed by atoms with van der Waals surface area (Å²) in [4.78, 5) is 23.5. The van der Waals surface area contributed by atoms with Crippen molar-refractivity contribution in [3.63, 3.8) is 0 Å². The largest absolute Gasteiger partial charge is 0.508 e. The summed E-state index contributed by atoms with van der Waals surface area (Å²) >= 11 is 3.32. The molecular formula is C15H13BrN2O3. The Morgan fingerprint density at radius 1 is 1.05 bits per heavy atom. The second-order valence-corrected chi connectivity index (χ2v) is 5.27. The van der Waals surface area contributed by atoms with Gasteiger partial charge in [-0.1, -0.05) is 34.1 Å². The van der Waals surface area contributed by atoms with Crippen molar-refractivity contribution in [2.75, 3.05) is 0 Å². The van der Waals surface area contributed by atoms with Crippen molar-refractivity contribution < 1.29 is 14.7 Å². The van der Waals surface area contributed by atoms with E-state index in [2.05, 4.69) is 26.8 Å². The van der Waals surface area contributed by atoms with Crippen LogP contribution in [0.15, 0.2) is 53.0 Å². The SMILES string of the molecule is O=C(Cc1ccc(Br)cc1)NNC(=O)c1cccc(O)c1. The van der Waals surface area contributed by atoms with Crippen LogP contribution in [-0.2, 0) is 11.2 Å². The minimum Gasteiger partial charge on any atom is -0.508 e. The fourth-order valence-corrected chi connectivity index (χ4v) is 1.94. The van der Waals surface area contributed by atoms with Crippen molar-refractivity contribution in [3.8, 4) is 5.75 Å². The predicted octanol–water partition coefficient (Wildman–Crippen LogP) is 2.16. The first-order valence-electron chi connectivity index (χ1n) is 6.17. The first kappa shape index (κ1) is 15.1. The number of carbonyl (C=O) groups is 2. The molecule has 3 N–H and O–H groups in total. The van der Waals surface area contributed by atoms with Crippen LogP contribution in [0, 0.1) is 0 Å². The Bertz CT molecular complexity index is 656. The monoisotopic (exact) mass is 348 g/mol. The highest BCUT2D eigenvalue weighted by atomic mass is 79.9. The maximum absolute atomic E-state index is 11.8. The van der Waals surface area contributed by atoms with E-state index in [1.807, 2.05) is 24.3 Å². The molecule has 0 bridgehead atoms. The Kier molecular flexibility index (Phi) is 4.94. The number of aromatic hydroxyl groups is 1. The zero-order valence-corrected chi connectivity index (χ0v) is 12.6. The van der Waals surface area contributed by atoms with Crippen LogP contribution in [-0.4, -0.2) is 16.9 Å². The fourth-order valence-electron chi connectivity index (χ4n) is 1.68. The lowest BCUT2D eigenvalue weighted by molar-refractivity contribution is -0.121. The average molecular weight is 349 g/mol. The minimum atomic E-state index is -0.491. The van der Waals surface area contributed by atoms with Crippen LogP contribution in [0.2, 0.25) is 0 Å². The number of nitrogens with one attached hydrogen (secondary N) is 2. The normalized spacial score (nSPS) is 9.95. The highest BCUT2D eigenvalue weighted by Gasteiger charge is 2.08. The molecule has 5 nitrogen and oxygen atoms in total. The molecule has 0 saturated carbocycles. The number of carbonyl (C=O) groups excluding carboxylic acids is 2. The topological polar surface area (TPSA) is 78.4 Å². The molecule has 0 aliphatic heterocycles. The van der Waals surface area contributed by atoms with Crippen molar-refractivity contribution in [2.24, 2.45) is 0 Å². The standard InChI is InChI=1S/C15H13BrN2O3/c16-12-6-4-10(5-7-12)8-14(20)17-18-15(21)11-2-1-3-13(19)9-11/h1-7,9,19H,8H2,(H,17,20)(H,18,21). The molecular weight excluding hydrogens is 336 g/mol. The molecule has 2 amide bonds. The number of rotatable bonds is 3. The third-order valence-electron chi connectivity index (χ3n) is 2.70. The predicted molar refractivity (Wildman–Crippen MR) is 81.6 cm³/mol. The van der Waals surface area contributed by atoms with Gasteiger partial charge >= 0.3 is 0 Å². The molecule has 0 aliphatic carbocycles. The lowest BCUT2D eigenvalue weighted by atomic mass is 10.1. The summed E-state index contributed by atoms with van der Waals surface area (Å²) in [6.45, 7) is 0. The molecule has 0 radical (unpaired) electrons. The number of benzene rings is 2.